The molecule has 0 aliphatic rings. The Morgan fingerprint density at radius 3 is 2.81 bits per heavy atom. The molecule has 0 aliphatic heterocycles. The molecule has 1 aromatic carbocycles. The second-order valence-corrected chi connectivity index (χ2v) is 6.33. The number of nitrogens with one attached hydrogen (secondary N) is 2. The highest BCUT2D eigenvalue weighted by molar-refractivity contribution is 6.32. The van der Waals surface area contributed by atoms with Gasteiger partial charge in [-0.05, 0) is 25.5 Å². The number of hydrogen-bond donors (Lipinski definition) is 3. The van der Waals surface area contributed by atoms with E-state index in [-0.39, 0.29) is 6.04 Å². The third-order valence-corrected chi connectivity index (χ3v) is 4.15. The highest BCUT2D eigenvalue weighted by Crippen LogP contribution is 2.25. The molecule has 0 saturated heterocycles. The molecule has 3 rings (SSSR count). The van der Waals surface area contributed by atoms with Crippen molar-refractivity contribution in [3.05, 3.63) is 59.5 Å². The maximum atomic E-state index is 6.25. The number of halogens is 1. The molecule has 7 nitrogen and oxygen atoms in total. The van der Waals surface area contributed by atoms with Gasteiger partial charge >= 0.3 is 0 Å². The first-order chi connectivity index (χ1) is 12.7. The molecule has 0 bridgehead atoms. The van der Waals surface area contributed by atoms with Crippen LogP contribution in [0.25, 0.3) is 0 Å². The van der Waals surface area contributed by atoms with Crippen molar-refractivity contribution < 1.29 is 0 Å². The molecule has 0 saturated carbocycles. The van der Waals surface area contributed by atoms with Crippen molar-refractivity contribution in [1.29, 1.82) is 0 Å². The Morgan fingerprint density at radius 2 is 2.04 bits per heavy atom. The minimum absolute atomic E-state index is 0.0652. The van der Waals surface area contributed by atoms with Crippen LogP contribution in [0.5, 0.6) is 0 Å². The van der Waals surface area contributed by atoms with Gasteiger partial charge in [-0.1, -0.05) is 41.9 Å². The van der Waals surface area contributed by atoms with Crippen LogP contribution in [-0.2, 0) is 6.54 Å². The number of aryl methyl sites for hydroxylation is 1. The summed E-state index contributed by atoms with van der Waals surface area (Å²) in [5, 5.41) is 11.2. The van der Waals surface area contributed by atoms with Gasteiger partial charge in [0.1, 0.15) is 5.02 Å². The second-order valence-electron chi connectivity index (χ2n) is 5.93. The van der Waals surface area contributed by atoms with Crippen molar-refractivity contribution >= 4 is 29.1 Å². The first-order valence-electron chi connectivity index (χ1n) is 8.49. The number of anilines is 3. The number of hydrogen-bond acceptors (Lipinski definition) is 6. The summed E-state index contributed by atoms with van der Waals surface area (Å²) in [4.78, 5) is 8.72. The van der Waals surface area contributed by atoms with E-state index in [4.69, 9.17) is 17.3 Å². The van der Waals surface area contributed by atoms with E-state index in [0.717, 1.165) is 24.2 Å². The van der Waals surface area contributed by atoms with Gasteiger partial charge in [0, 0.05) is 18.8 Å². The first-order valence-corrected chi connectivity index (χ1v) is 8.87. The zero-order valence-electron chi connectivity index (χ0n) is 14.6. The van der Waals surface area contributed by atoms with Gasteiger partial charge in [-0.3, -0.25) is 4.68 Å². The highest BCUT2D eigenvalue weighted by atomic mass is 35.5. The number of benzene rings is 1. The fraction of sp³-hybridized carbons (Fsp3) is 0.278. The average Bonchev–Trinajstić information content (AvgIpc) is 3.10. The zero-order chi connectivity index (χ0) is 18.4. The van der Waals surface area contributed by atoms with Crippen LogP contribution < -0.4 is 16.4 Å². The summed E-state index contributed by atoms with van der Waals surface area (Å²) in [6, 6.07) is 10.2. The largest absolute Gasteiger partial charge is 0.362 e. The average molecular weight is 372 g/mol. The van der Waals surface area contributed by atoms with Gasteiger partial charge < -0.3 is 16.4 Å². The number of aromatic nitrogens is 4. The molecule has 8 heteroatoms. The number of nitrogens with two attached hydrogens (primary N) is 1. The quantitative estimate of drug-likeness (QED) is 0.560. The minimum Gasteiger partial charge on any atom is -0.362 e. The van der Waals surface area contributed by atoms with Gasteiger partial charge in [0.15, 0.2) is 5.82 Å². The standard InChI is InChI=1S/C18H22ClN7/c1-13(14-6-3-2-4-7-14)23-17-16(19)11-21-18(25-17)24-15-10-22-26(12-15)9-5-8-20/h2-4,6-7,10-13H,5,8-9,20H2,1H3,(H2,21,23,24,25). The van der Waals surface area contributed by atoms with Crippen molar-refractivity contribution in [2.45, 2.75) is 25.9 Å². The number of nitrogens with zero attached hydrogens (tertiary/aromatic N) is 4. The Kier molecular flexibility index (Phi) is 6.04. The highest BCUT2D eigenvalue weighted by Gasteiger charge is 2.11. The Hall–Kier alpha value is -2.64. The van der Waals surface area contributed by atoms with Gasteiger partial charge in [-0.15, -0.1) is 0 Å². The van der Waals surface area contributed by atoms with Crippen molar-refractivity contribution in [2.24, 2.45) is 5.73 Å². The van der Waals surface area contributed by atoms with Crippen molar-refractivity contribution in [3.8, 4) is 0 Å². The second kappa shape index (κ2) is 8.64. The summed E-state index contributed by atoms with van der Waals surface area (Å²) >= 11 is 6.25. The van der Waals surface area contributed by atoms with Gasteiger partial charge in [0.25, 0.3) is 0 Å². The molecule has 0 spiro atoms. The lowest BCUT2D eigenvalue weighted by atomic mass is 10.1. The van der Waals surface area contributed by atoms with Gasteiger partial charge in [-0.25, -0.2) is 4.98 Å². The van der Waals surface area contributed by atoms with E-state index in [2.05, 4.69) is 44.8 Å². The van der Waals surface area contributed by atoms with E-state index in [0.29, 0.717) is 23.3 Å². The van der Waals surface area contributed by atoms with Crippen LogP contribution in [0.15, 0.2) is 48.9 Å². The Balaban J connectivity index is 1.70. The summed E-state index contributed by atoms with van der Waals surface area (Å²) in [5.41, 5.74) is 7.49. The lowest BCUT2D eigenvalue weighted by molar-refractivity contribution is 0.585. The summed E-state index contributed by atoms with van der Waals surface area (Å²) in [6.07, 6.45) is 6.08. The maximum absolute atomic E-state index is 6.25. The third kappa shape index (κ3) is 4.71. The van der Waals surface area contributed by atoms with Gasteiger partial charge in [0.2, 0.25) is 5.95 Å². The fourth-order valence-corrected chi connectivity index (χ4v) is 2.64. The molecular weight excluding hydrogens is 350 g/mol. The zero-order valence-corrected chi connectivity index (χ0v) is 15.3. The van der Waals surface area contributed by atoms with Crippen LogP contribution >= 0.6 is 11.6 Å². The minimum atomic E-state index is 0.0652. The normalized spacial score (nSPS) is 12.0. The lowest BCUT2D eigenvalue weighted by Crippen LogP contribution is -2.09. The first kappa shape index (κ1) is 18.2. The smallest absolute Gasteiger partial charge is 0.229 e. The lowest BCUT2D eigenvalue weighted by Gasteiger charge is -2.16. The van der Waals surface area contributed by atoms with E-state index in [9.17, 15) is 0 Å². The SMILES string of the molecule is CC(Nc1nc(Nc2cnn(CCCN)c2)ncc1Cl)c1ccccc1. The molecular formula is C18H22ClN7. The van der Waals surface area contributed by atoms with Crippen LogP contribution in [0.4, 0.5) is 17.5 Å². The molecule has 26 heavy (non-hydrogen) atoms. The summed E-state index contributed by atoms with van der Waals surface area (Å²) < 4.78 is 1.84. The molecule has 3 aromatic rings. The Bertz CT molecular complexity index is 835. The van der Waals surface area contributed by atoms with Gasteiger partial charge in [-0.2, -0.15) is 10.1 Å². The molecule has 0 aliphatic carbocycles. The summed E-state index contributed by atoms with van der Waals surface area (Å²) in [7, 11) is 0. The Morgan fingerprint density at radius 1 is 1.23 bits per heavy atom. The van der Waals surface area contributed by atoms with E-state index in [1.54, 1.807) is 12.4 Å². The van der Waals surface area contributed by atoms with Gasteiger partial charge in [0.05, 0.1) is 18.1 Å². The van der Waals surface area contributed by atoms with E-state index >= 15 is 0 Å². The van der Waals surface area contributed by atoms with Crippen LogP contribution in [0, 0.1) is 0 Å². The molecule has 0 fully saturated rings. The van der Waals surface area contributed by atoms with E-state index in [1.165, 1.54) is 0 Å². The number of rotatable bonds is 8. The van der Waals surface area contributed by atoms with Crippen LogP contribution in [0.3, 0.4) is 0 Å². The van der Waals surface area contributed by atoms with Crippen molar-refractivity contribution in [2.75, 3.05) is 17.2 Å². The predicted octanol–water partition coefficient (Wildman–Crippen LogP) is 3.59. The van der Waals surface area contributed by atoms with Crippen molar-refractivity contribution in [3.63, 3.8) is 0 Å². The maximum Gasteiger partial charge on any atom is 0.229 e. The van der Waals surface area contributed by atoms with Crippen LogP contribution in [0.1, 0.15) is 24.9 Å². The van der Waals surface area contributed by atoms with Crippen LogP contribution in [0.2, 0.25) is 5.02 Å². The molecule has 2 aromatic heterocycles. The topological polar surface area (TPSA) is 93.7 Å². The molecule has 4 N–H and O–H groups in total. The molecule has 2 heterocycles. The summed E-state index contributed by atoms with van der Waals surface area (Å²) in [6.45, 7) is 3.47. The van der Waals surface area contributed by atoms with Crippen LogP contribution in [-0.4, -0.2) is 26.3 Å². The molecule has 0 amide bonds. The monoisotopic (exact) mass is 371 g/mol. The van der Waals surface area contributed by atoms with Crippen molar-refractivity contribution in [1.82, 2.24) is 19.7 Å². The predicted molar refractivity (Wildman–Crippen MR) is 105 cm³/mol. The molecule has 1 unspecified atom stereocenters. The fourth-order valence-electron chi connectivity index (χ4n) is 2.49. The molecule has 136 valence electrons. The van der Waals surface area contributed by atoms with E-state index < -0.39 is 0 Å². The Labute approximate surface area is 157 Å². The molecule has 1 atom stereocenters. The third-order valence-electron chi connectivity index (χ3n) is 3.88. The summed E-state index contributed by atoms with van der Waals surface area (Å²) in [5.74, 6) is 1.03. The molecule has 0 radical (unpaired) electrons. The van der Waals surface area contributed by atoms with E-state index in [1.807, 2.05) is 29.1 Å².